The highest BCUT2D eigenvalue weighted by atomic mass is 35.5. The molecule has 0 spiro atoms. The highest BCUT2D eigenvalue weighted by Crippen LogP contribution is 2.33. The van der Waals surface area contributed by atoms with Crippen molar-refractivity contribution < 1.29 is 22.7 Å². The molecule has 0 saturated carbocycles. The number of pyridine rings is 2. The van der Waals surface area contributed by atoms with Crippen LogP contribution >= 0.6 is 22.9 Å². The van der Waals surface area contributed by atoms with Crippen molar-refractivity contribution in [2.24, 2.45) is 0 Å². The minimum absolute atomic E-state index is 0.171. The Hall–Kier alpha value is -4.00. The number of thiazole rings is 1. The molecular formula is C32H31ClF3N5O3S. The van der Waals surface area contributed by atoms with Crippen molar-refractivity contribution in [2.75, 3.05) is 32.8 Å². The standard InChI is InChI=1S/C32H31ClF3N5O3S/c1-4-44-27-8-6-20(33)14-26(27)41-25(13-18(2)3)21(31(42)40-11-9-37-10-12-40)15-22(32(41)43)30-39-24(17-45-30)19-5-7-23(38-16-19)28(34)29(35)36/h5-8,13-17,28-29,37H,4,9-12H2,1-3H3. The third kappa shape index (κ3) is 6.98. The molecule has 1 unspecified atom stereocenters. The number of carbonyl (C=O) groups excluding carboxylic acids is 1. The first-order valence-corrected chi connectivity index (χ1v) is 15.6. The van der Waals surface area contributed by atoms with Crippen molar-refractivity contribution in [3.05, 3.63) is 85.9 Å². The Balaban J connectivity index is 1.72. The van der Waals surface area contributed by atoms with Gasteiger partial charge in [-0.25, -0.2) is 18.2 Å². The van der Waals surface area contributed by atoms with Crippen LogP contribution in [-0.2, 0) is 0 Å². The number of hydrogen-bond acceptors (Lipinski definition) is 7. The number of nitrogens with one attached hydrogen (secondary N) is 1. The molecular weight excluding hydrogens is 627 g/mol. The summed E-state index contributed by atoms with van der Waals surface area (Å²) in [6.07, 6.45) is -2.64. The van der Waals surface area contributed by atoms with E-state index in [4.69, 9.17) is 16.3 Å². The van der Waals surface area contributed by atoms with Crippen LogP contribution in [0.5, 0.6) is 5.75 Å². The van der Waals surface area contributed by atoms with Crippen molar-refractivity contribution in [1.29, 1.82) is 0 Å². The molecule has 13 heteroatoms. The van der Waals surface area contributed by atoms with Gasteiger partial charge < -0.3 is 15.0 Å². The first-order valence-electron chi connectivity index (χ1n) is 14.3. The number of aromatic nitrogens is 3. The zero-order valence-electron chi connectivity index (χ0n) is 24.8. The zero-order chi connectivity index (χ0) is 32.2. The number of halogens is 4. The number of hydrogen-bond donors (Lipinski definition) is 1. The minimum Gasteiger partial charge on any atom is -0.492 e. The quantitative estimate of drug-likeness (QED) is 0.213. The number of rotatable bonds is 9. The number of alkyl halides is 3. The summed E-state index contributed by atoms with van der Waals surface area (Å²) in [5.74, 6) is 0.168. The summed E-state index contributed by atoms with van der Waals surface area (Å²) < 4.78 is 46.7. The lowest BCUT2D eigenvalue weighted by atomic mass is 10.0. The Bertz CT molecular complexity index is 1780. The van der Waals surface area contributed by atoms with E-state index in [0.29, 0.717) is 76.8 Å². The summed E-state index contributed by atoms with van der Waals surface area (Å²) in [6.45, 7) is 8.19. The largest absolute Gasteiger partial charge is 0.492 e. The van der Waals surface area contributed by atoms with Crippen LogP contribution < -0.4 is 15.6 Å². The molecule has 5 rings (SSSR count). The van der Waals surface area contributed by atoms with E-state index < -0.39 is 18.2 Å². The number of carbonyl (C=O) groups is 1. The van der Waals surface area contributed by atoms with Crippen LogP contribution in [0, 0.1) is 0 Å². The van der Waals surface area contributed by atoms with Crippen molar-refractivity contribution >= 4 is 34.9 Å². The minimum atomic E-state index is -3.19. The Morgan fingerprint density at radius 2 is 1.91 bits per heavy atom. The fourth-order valence-corrected chi connectivity index (χ4v) is 5.97. The molecule has 236 valence electrons. The molecule has 1 fully saturated rings. The maximum Gasteiger partial charge on any atom is 0.275 e. The SMILES string of the molecule is CCOc1ccc(Cl)cc1-n1c(C=C(C)C)c(C(=O)N2CCNCC2)cc(-c2nc(-c3ccc(C(F)C(F)F)nc3)cs2)c1=O. The van der Waals surface area contributed by atoms with Gasteiger partial charge in [0, 0.05) is 48.3 Å². The van der Waals surface area contributed by atoms with Gasteiger partial charge in [0.25, 0.3) is 17.9 Å². The van der Waals surface area contributed by atoms with E-state index in [1.54, 1.807) is 40.6 Å². The van der Waals surface area contributed by atoms with Gasteiger partial charge in [-0.2, -0.15) is 0 Å². The predicted octanol–water partition coefficient (Wildman–Crippen LogP) is 6.82. The van der Waals surface area contributed by atoms with Gasteiger partial charge in [0.2, 0.25) is 6.17 Å². The van der Waals surface area contributed by atoms with Crippen molar-refractivity contribution in [3.8, 4) is 33.3 Å². The lowest BCUT2D eigenvalue weighted by Gasteiger charge is -2.29. The molecule has 0 bridgehead atoms. The fraction of sp³-hybridized carbons (Fsp3) is 0.312. The average Bonchev–Trinajstić information content (AvgIpc) is 3.52. The summed E-state index contributed by atoms with van der Waals surface area (Å²) in [4.78, 5) is 38.8. The lowest BCUT2D eigenvalue weighted by Crippen LogP contribution is -2.47. The second-order valence-corrected chi connectivity index (χ2v) is 11.8. The van der Waals surface area contributed by atoms with Gasteiger partial charge >= 0.3 is 0 Å². The smallest absolute Gasteiger partial charge is 0.275 e. The Labute approximate surface area is 267 Å². The Morgan fingerprint density at radius 3 is 2.56 bits per heavy atom. The number of nitrogens with zero attached hydrogens (tertiary/aromatic N) is 4. The molecule has 1 saturated heterocycles. The van der Waals surface area contributed by atoms with Gasteiger partial charge in [0.15, 0.2) is 0 Å². The molecule has 0 aliphatic carbocycles. The Kier molecular flexibility index (Phi) is 10.1. The van der Waals surface area contributed by atoms with Crippen molar-refractivity contribution in [3.63, 3.8) is 0 Å². The van der Waals surface area contributed by atoms with Crippen molar-refractivity contribution in [1.82, 2.24) is 24.8 Å². The normalized spacial score (nSPS) is 14.0. The molecule has 0 radical (unpaired) electrons. The van der Waals surface area contributed by atoms with Crippen LogP contribution in [0.2, 0.25) is 5.02 Å². The van der Waals surface area contributed by atoms with Gasteiger partial charge in [0.05, 0.1) is 40.5 Å². The molecule has 4 heterocycles. The number of ether oxygens (including phenoxy) is 1. The molecule has 1 aromatic carbocycles. The zero-order valence-corrected chi connectivity index (χ0v) is 26.4. The van der Waals surface area contributed by atoms with Gasteiger partial charge in [-0.1, -0.05) is 17.2 Å². The molecule has 4 aromatic rings. The van der Waals surface area contributed by atoms with Crippen LogP contribution in [0.15, 0.2) is 58.3 Å². The summed E-state index contributed by atoms with van der Waals surface area (Å²) >= 11 is 7.60. The van der Waals surface area contributed by atoms with E-state index in [-0.39, 0.29) is 17.2 Å². The molecule has 1 atom stereocenters. The lowest BCUT2D eigenvalue weighted by molar-refractivity contribution is 0.0473. The van der Waals surface area contributed by atoms with Crippen LogP contribution in [0.4, 0.5) is 13.2 Å². The number of piperazine rings is 1. The van der Waals surface area contributed by atoms with E-state index in [0.717, 1.165) is 5.57 Å². The van der Waals surface area contributed by atoms with Crippen LogP contribution in [0.25, 0.3) is 33.6 Å². The number of amides is 1. The van der Waals surface area contributed by atoms with E-state index in [1.165, 1.54) is 34.2 Å². The van der Waals surface area contributed by atoms with Crippen LogP contribution in [0.1, 0.15) is 48.7 Å². The van der Waals surface area contributed by atoms with Crippen molar-refractivity contribution in [2.45, 2.75) is 33.4 Å². The Morgan fingerprint density at radius 1 is 1.16 bits per heavy atom. The maximum atomic E-state index is 14.5. The molecule has 45 heavy (non-hydrogen) atoms. The van der Waals surface area contributed by atoms with Gasteiger partial charge in [-0.15, -0.1) is 11.3 Å². The van der Waals surface area contributed by atoms with Crippen LogP contribution in [-0.4, -0.2) is 64.6 Å². The molecule has 1 N–H and O–H groups in total. The third-order valence-electron chi connectivity index (χ3n) is 7.08. The highest BCUT2D eigenvalue weighted by Gasteiger charge is 2.28. The van der Waals surface area contributed by atoms with E-state index in [9.17, 15) is 22.8 Å². The molecule has 1 aliphatic rings. The summed E-state index contributed by atoms with van der Waals surface area (Å²) in [7, 11) is 0. The molecule has 3 aromatic heterocycles. The fourth-order valence-electron chi connectivity index (χ4n) is 4.97. The van der Waals surface area contributed by atoms with Gasteiger partial charge in [-0.05, 0) is 63.2 Å². The van der Waals surface area contributed by atoms with Gasteiger partial charge in [-0.3, -0.25) is 19.1 Å². The number of benzene rings is 1. The van der Waals surface area contributed by atoms with E-state index >= 15 is 0 Å². The predicted molar refractivity (Wildman–Crippen MR) is 171 cm³/mol. The second kappa shape index (κ2) is 14.0. The monoisotopic (exact) mass is 657 g/mol. The molecule has 8 nitrogen and oxygen atoms in total. The first kappa shape index (κ1) is 32.4. The average molecular weight is 658 g/mol. The summed E-state index contributed by atoms with van der Waals surface area (Å²) in [5.41, 5.74) is 2.12. The van der Waals surface area contributed by atoms with Crippen LogP contribution in [0.3, 0.4) is 0 Å². The molecule has 1 aliphatic heterocycles. The first-order chi connectivity index (χ1) is 21.6. The maximum absolute atomic E-state index is 14.5. The summed E-state index contributed by atoms with van der Waals surface area (Å²) in [6, 6.07) is 9.17. The third-order valence-corrected chi connectivity index (χ3v) is 8.19. The topological polar surface area (TPSA) is 89.3 Å². The molecule has 1 amide bonds. The second-order valence-electron chi connectivity index (χ2n) is 10.6. The van der Waals surface area contributed by atoms with E-state index in [1.807, 2.05) is 20.8 Å². The summed E-state index contributed by atoms with van der Waals surface area (Å²) in [5, 5.41) is 5.63. The van der Waals surface area contributed by atoms with E-state index in [2.05, 4.69) is 15.3 Å². The highest BCUT2D eigenvalue weighted by molar-refractivity contribution is 7.13. The number of allylic oxidation sites excluding steroid dienone is 1. The van der Waals surface area contributed by atoms with Gasteiger partial charge in [0.1, 0.15) is 10.8 Å².